The van der Waals surface area contributed by atoms with Crippen LogP contribution in [0.1, 0.15) is 31.7 Å². The molecule has 1 unspecified atom stereocenters. The fourth-order valence-electron chi connectivity index (χ4n) is 1.64. The van der Waals surface area contributed by atoms with Crippen LogP contribution in [0.5, 0.6) is 0 Å². The topological polar surface area (TPSA) is 103 Å². The molecule has 1 heterocycles. The standard InChI is InChI=1S/C12H21N5O2/c1-4-9-10(5-2)16-17-12(14-9)15-11(18)6-8(7-13)19-3/h8H,4-7,13H2,1-3H3,(H,14,15,17,18). The van der Waals surface area contributed by atoms with Crippen molar-refractivity contribution in [3.05, 3.63) is 11.4 Å². The maximum absolute atomic E-state index is 11.7. The molecule has 0 radical (unpaired) electrons. The molecule has 3 N–H and O–H groups in total. The van der Waals surface area contributed by atoms with Gasteiger partial charge in [-0.1, -0.05) is 13.8 Å². The summed E-state index contributed by atoms with van der Waals surface area (Å²) in [4.78, 5) is 16.0. The number of nitrogens with two attached hydrogens (primary N) is 1. The fourth-order valence-corrected chi connectivity index (χ4v) is 1.64. The van der Waals surface area contributed by atoms with E-state index in [1.165, 1.54) is 7.11 Å². The van der Waals surface area contributed by atoms with E-state index in [2.05, 4.69) is 20.5 Å². The number of aryl methyl sites for hydroxylation is 2. The highest BCUT2D eigenvalue weighted by Gasteiger charge is 2.13. The van der Waals surface area contributed by atoms with Gasteiger partial charge in [-0.2, -0.15) is 0 Å². The van der Waals surface area contributed by atoms with Crippen molar-refractivity contribution in [1.82, 2.24) is 15.2 Å². The molecule has 0 fully saturated rings. The van der Waals surface area contributed by atoms with Crippen LogP contribution in [0.15, 0.2) is 0 Å². The van der Waals surface area contributed by atoms with Crippen LogP contribution in [-0.2, 0) is 22.4 Å². The van der Waals surface area contributed by atoms with Crippen LogP contribution < -0.4 is 11.1 Å². The number of anilines is 1. The van der Waals surface area contributed by atoms with Crippen molar-refractivity contribution in [2.24, 2.45) is 5.73 Å². The Bertz CT molecular complexity index is 421. The summed E-state index contributed by atoms with van der Waals surface area (Å²) in [7, 11) is 1.52. The summed E-state index contributed by atoms with van der Waals surface area (Å²) < 4.78 is 5.05. The summed E-state index contributed by atoms with van der Waals surface area (Å²) in [5.41, 5.74) is 7.17. The van der Waals surface area contributed by atoms with E-state index < -0.39 is 0 Å². The summed E-state index contributed by atoms with van der Waals surface area (Å²) in [6, 6.07) is 0. The van der Waals surface area contributed by atoms with Gasteiger partial charge in [0.15, 0.2) is 0 Å². The lowest BCUT2D eigenvalue weighted by Gasteiger charge is -2.12. The Morgan fingerprint density at radius 2 is 2.00 bits per heavy atom. The number of ether oxygens (including phenoxy) is 1. The van der Waals surface area contributed by atoms with Gasteiger partial charge in [0.05, 0.1) is 23.9 Å². The number of aromatic nitrogens is 3. The maximum Gasteiger partial charge on any atom is 0.249 e. The quantitative estimate of drug-likeness (QED) is 0.736. The third kappa shape index (κ3) is 4.53. The first kappa shape index (κ1) is 15.5. The van der Waals surface area contributed by atoms with Crippen molar-refractivity contribution < 1.29 is 9.53 Å². The van der Waals surface area contributed by atoms with Gasteiger partial charge in [0.25, 0.3) is 0 Å². The van der Waals surface area contributed by atoms with E-state index in [9.17, 15) is 4.79 Å². The Morgan fingerprint density at radius 3 is 2.53 bits per heavy atom. The van der Waals surface area contributed by atoms with Crippen LogP contribution in [0.4, 0.5) is 5.95 Å². The first-order valence-electron chi connectivity index (χ1n) is 6.39. The van der Waals surface area contributed by atoms with E-state index in [0.717, 1.165) is 24.2 Å². The molecule has 1 aromatic heterocycles. The van der Waals surface area contributed by atoms with Crippen molar-refractivity contribution in [3.8, 4) is 0 Å². The molecule has 1 rings (SSSR count). The van der Waals surface area contributed by atoms with Crippen molar-refractivity contribution in [1.29, 1.82) is 0 Å². The Kier molecular flexibility index (Phi) is 6.31. The van der Waals surface area contributed by atoms with Crippen LogP contribution in [0.2, 0.25) is 0 Å². The van der Waals surface area contributed by atoms with E-state index in [4.69, 9.17) is 10.5 Å². The molecule has 0 bridgehead atoms. The molecule has 0 saturated heterocycles. The molecule has 0 saturated carbocycles. The number of hydrogen-bond acceptors (Lipinski definition) is 6. The van der Waals surface area contributed by atoms with Crippen LogP contribution in [-0.4, -0.2) is 40.8 Å². The molecule has 1 atom stereocenters. The first-order chi connectivity index (χ1) is 9.14. The first-order valence-corrected chi connectivity index (χ1v) is 6.39. The fraction of sp³-hybridized carbons (Fsp3) is 0.667. The summed E-state index contributed by atoms with van der Waals surface area (Å²) in [5, 5.41) is 10.6. The van der Waals surface area contributed by atoms with Gasteiger partial charge in [0.1, 0.15) is 0 Å². The zero-order valence-electron chi connectivity index (χ0n) is 11.6. The minimum Gasteiger partial charge on any atom is -0.380 e. The molecule has 7 heteroatoms. The lowest BCUT2D eigenvalue weighted by molar-refractivity contribution is -0.118. The zero-order valence-corrected chi connectivity index (χ0v) is 11.6. The maximum atomic E-state index is 11.7. The van der Waals surface area contributed by atoms with E-state index in [1.807, 2.05) is 13.8 Å². The molecule has 7 nitrogen and oxygen atoms in total. The van der Waals surface area contributed by atoms with Gasteiger partial charge in [-0.05, 0) is 12.8 Å². The molecule has 19 heavy (non-hydrogen) atoms. The highest BCUT2D eigenvalue weighted by molar-refractivity contribution is 5.89. The van der Waals surface area contributed by atoms with Crippen LogP contribution >= 0.6 is 0 Å². The molecule has 0 aliphatic rings. The highest BCUT2D eigenvalue weighted by atomic mass is 16.5. The molecule has 1 aromatic rings. The predicted molar refractivity (Wildman–Crippen MR) is 71.7 cm³/mol. The number of carbonyl (C=O) groups excluding carboxylic acids is 1. The van der Waals surface area contributed by atoms with Crippen LogP contribution in [0.25, 0.3) is 0 Å². The largest absolute Gasteiger partial charge is 0.380 e. The summed E-state index contributed by atoms with van der Waals surface area (Å²) in [5.74, 6) is -0.00340. The van der Waals surface area contributed by atoms with Crippen molar-refractivity contribution in [3.63, 3.8) is 0 Å². The molecule has 0 spiro atoms. The molecule has 106 valence electrons. The zero-order chi connectivity index (χ0) is 14.3. The average Bonchev–Trinajstić information content (AvgIpc) is 2.44. The van der Waals surface area contributed by atoms with Crippen molar-refractivity contribution in [2.75, 3.05) is 19.0 Å². The number of amides is 1. The van der Waals surface area contributed by atoms with Crippen molar-refractivity contribution in [2.45, 2.75) is 39.2 Å². The van der Waals surface area contributed by atoms with Crippen LogP contribution in [0, 0.1) is 0 Å². The van der Waals surface area contributed by atoms with E-state index >= 15 is 0 Å². The highest BCUT2D eigenvalue weighted by Crippen LogP contribution is 2.07. The molecular weight excluding hydrogens is 246 g/mol. The van der Waals surface area contributed by atoms with E-state index in [-0.39, 0.29) is 30.9 Å². The summed E-state index contributed by atoms with van der Waals surface area (Å²) in [6.45, 7) is 4.27. The smallest absolute Gasteiger partial charge is 0.249 e. The third-order valence-electron chi connectivity index (χ3n) is 2.77. The third-order valence-corrected chi connectivity index (χ3v) is 2.77. The van der Waals surface area contributed by atoms with Gasteiger partial charge in [-0.3, -0.25) is 10.1 Å². The molecule has 1 amide bonds. The van der Waals surface area contributed by atoms with Gasteiger partial charge in [0, 0.05) is 13.7 Å². The SMILES string of the molecule is CCc1nnc(NC(=O)CC(CN)OC)nc1CC. The Hall–Kier alpha value is -1.60. The number of nitrogens with zero attached hydrogens (tertiary/aromatic N) is 3. The minimum atomic E-state index is -0.298. The molecule has 0 aliphatic carbocycles. The van der Waals surface area contributed by atoms with E-state index in [0.29, 0.717) is 0 Å². The minimum absolute atomic E-state index is 0.174. The molecule has 0 aliphatic heterocycles. The number of rotatable bonds is 7. The number of hydrogen-bond donors (Lipinski definition) is 2. The molecule has 0 aromatic carbocycles. The van der Waals surface area contributed by atoms with Gasteiger partial charge in [-0.15, -0.1) is 10.2 Å². The van der Waals surface area contributed by atoms with Crippen LogP contribution in [0.3, 0.4) is 0 Å². The second-order valence-electron chi connectivity index (χ2n) is 4.08. The second-order valence-corrected chi connectivity index (χ2v) is 4.08. The van der Waals surface area contributed by atoms with Gasteiger partial charge in [0.2, 0.25) is 11.9 Å². The van der Waals surface area contributed by atoms with Gasteiger partial charge < -0.3 is 10.5 Å². The number of carbonyl (C=O) groups is 1. The average molecular weight is 267 g/mol. The van der Waals surface area contributed by atoms with Gasteiger partial charge >= 0.3 is 0 Å². The number of nitrogens with one attached hydrogen (secondary N) is 1. The molecular formula is C12H21N5O2. The van der Waals surface area contributed by atoms with E-state index in [1.54, 1.807) is 0 Å². The normalized spacial score (nSPS) is 12.2. The lowest BCUT2D eigenvalue weighted by Crippen LogP contribution is -2.28. The van der Waals surface area contributed by atoms with Crippen molar-refractivity contribution >= 4 is 11.9 Å². The Labute approximate surface area is 113 Å². The lowest BCUT2D eigenvalue weighted by atomic mass is 10.2. The predicted octanol–water partition coefficient (Wildman–Crippen LogP) is 0.299. The second kappa shape index (κ2) is 7.75. The summed E-state index contributed by atoms with van der Waals surface area (Å²) in [6.07, 6.45) is 1.41. The Morgan fingerprint density at radius 1 is 1.32 bits per heavy atom. The monoisotopic (exact) mass is 267 g/mol. The Balaban J connectivity index is 2.69. The van der Waals surface area contributed by atoms with Gasteiger partial charge in [-0.25, -0.2) is 4.98 Å². The summed E-state index contributed by atoms with van der Waals surface area (Å²) >= 11 is 0. The number of methoxy groups -OCH3 is 1.